The third kappa shape index (κ3) is 13.6. The molecule has 17 heavy (non-hydrogen) atoms. The number of rotatable bonds is 12. The predicted molar refractivity (Wildman–Crippen MR) is 77.2 cm³/mol. The number of unbranched alkanes of at least 4 members (excludes halogenated alkanes) is 7. The van der Waals surface area contributed by atoms with Gasteiger partial charge in [-0.2, -0.15) is 0 Å². The highest BCUT2D eigenvalue weighted by molar-refractivity contribution is 4.86. The van der Waals surface area contributed by atoms with Gasteiger partial charge in [0.2, 0.25) is 0 Å². The minimum absolute atomic E-state index is 0.361. The molecular formula is C16H32O. The minimum Gasteiger partial charge on any atom is -0.396 e. The summed E-state index contributed by atoms with van der Waals surface area (Å²) in [5.74, 6) is 0.754. The fraction of sp³-hybridized carbons (Fsp3) is 0.875. The summed E-state index contributed by atoms with van der Waals surface area (Å²) in [7, 11) is 0. The van der Waals surface area contributed by atoms with Crippen LogP contribution in [0.25, 0.3) is 0 Å². The fourth-order valence-electron chi connectivity index (χ4n) is 2.03. The quantitative estimate of drug-likeness (QED) is 0.372. The predicted octanol–water partition coefficient (Wildman–Crippen LogP) is 5.09. The molecule has 0 spiro atoms. The maximum Gasteiger partial charge on any atom is 0.0431 e. The van der Waals surface area contributed by atoms with E-state index >= 15 is 0 Å². The van der Waals surface area contributed by atoms with Crippen LogP contribution in [0.1, 0.15) is 78.1 Å². The summed E-state index contributed by atoms with van der Waals surface area (Å²) < 4.78 is 0. The van der Waals surface area contributed by atoms with Crippen molar-refractivity contribution in [3.8, 4) is 0 Å². The van der Waals surface area contributed by atoms with E-state index in [0.29, 0.717) is 6.61 Å². The maximum absolute atomic E-state index is 8.65. The van der Waals surface area contributed by atoms with Crippen LogP contribution >= 0.6 is 0 Å². The molecule has 0 aliphatic heterocycles. The average molecular weight is 240 g/mol. The van der Waals surface area contributed by atoms with Gasteiger partial charge < -0.3 is 5.11 Å². The second kappa shape index (κ2) is 13.8. The summed E-state index contributed by atoms with van der Waals surface area (Å²) >= 11 is 0. The van der Waals surface area contributed by atoms with Gasteiger partial charge in [0, 0.05) is 6.61 Å². The largest absolute Gasteiger partial charge is 0.396 e. The third-order valence-corrected chi connectivity index (χ3v) is 3.26. The Labute approximate surface area is 108 Å². The molecule has 1 unspecified atom stereocenters. The summed E-state index contributed by atoms with van der Waals surface area (Å²) in [6, 6.07) is 0. The Morgan fingerprint density at radius 3 is 2.24 bits per heavy atom. The summed E-state index contributed by atoms with van der Waals surface area (Å²) in [5, 5.41) is 8.65. The first kappa shape index (κ1) is 16.7. The van der Waals surface area contributed by atoms with Crippen LogP contribution in [0.4, 0.5) is 0 Å². The van der Waals surface area contributed by atoms with Crippen LogP contribution in [0, 0.1) is 5.92 Å². The maximum atomic E-state index is 8.65. The normalized spacial score (nSPS) is 13.4. The molecule has 1 heteroatoms. The van der Waals surface area contributed by atoms with Gasteiger partial charge in [-0.1, -0.05) is 70.9 Å². The lowest BCUT2D eigenvalue weighted by Crippen LogP contribution is -1.90. The van der Waals surface area contributed by atoms with Crippen LogP contribution in [0.5, 0.6) is 0 Å². The molecule has 0 aromatic rings. The zero-order valence-corrected chi connectivity index (χ0v) is 12.0. The van der Waals surface area contributed by atoms with Crippen LogP contribution in [0.2, 0.25) is 0 Å². The van der Waals surface area contributed by atoms with Crippen LogP contribution in [-0.4, -0.2) is 11.7 Å². The van der Waals surface area contributed by atoms with Crippen molar-refractivity contribution in [2.24, 2.45) is 5.92 Å². The van der Waals surface area contributed by atoms with Gasteiger partial charge in [0.1, 0.15) is 0 Å². The molecule has 0 saturated heterocycles. The lowest BCUT2D eigenvalue weighted by Gasteiger charge is -2.06. The van der Waals surface area contributed by atoms with E-state index in [0.717, 1.165) is 12.3 Å². The van der Waals surface area contributed by atoms with Gasteiger partial charge >= 0.3 is 0 Å². The molecule has 1 atom stereocenters. The van der Waals surface area contributed by atoms with Crippen molar-refractivity contribution in [3.05, 3.63) is 12.2 Å². The van der Waals surface area contributed by atoms with E-state index in [9.17, 15) is 0 Å². The van der Waals surface area contributed by atoms with Gasteiger partial charge in [-0.05, 0) is 25.2 Å². The molecule has 0 fully saturated rings. The summed E-state index contributed by atoms with van der Waals surface area (Å²) in [4.78, 5) is 0. The van der Waals surface area contributed by atoms with Crippen molar-refractivity contribution >= 4 is 0 Å². The Bertz CT molecular complexity index is 163. The fourth-order valence-corrected chi connectivity index (χ4v) is 2.03. The number of aliphatic hydroxyl groups excluding tert-OH is 1. The second-order valence-electron chi connectivity index (χ2n) is 5.18. The molecule has 0 aliphatic rings. The first-order chi connectivity index (χ1) is 8.31. The zero-order valence-electron chi connectivity index (χ0n) is 12.0. The van der Waals surface area contributed by atoms with E-state index < -0.39 is 0 Å². The molecule has 0 rings (SSSR count). The molecular weight excluding hydrogens is 208 g/mol. The Hall–Kier alpha value is -0.300. The number of allylic oxidation sites excluding steroid dienone is 2. The highest BCUT2D eigenvalue weighted by atomic mass is 16.2. The molecule has 102 valence electrons. The Balaban J connectivity index is 3.21. The highest BCUT2D eigenvalue weighted by Gasteiger charge is 1.97. The van der Waals surface area contributed by atoms with Crippen molar-refractivity contribution in [2.45, 2.75) is 78.1 Å². The summed E-state index contributed by atoms with van der Waals surface area (Å²) in [5.41, 5.74) is 0. The molecule has 0 saturated carbocycles. The molecule has 1 nitrogen and oxygen atoms in total. The molecule has 0 heterocycles. The summed E-state index contributed by atoms with van der Waals surface area (Å²) in [6.07, 6.45) is 17.5. The van der Waals surface area contributed by atoms with E-state index in [4.69, 9.17) is 5.11 Å². The topological polar surface area (TPSA) is 20.2 Å². The van der Waals surface area contributed by atoms with E-state index in [1.54, 1.807) is 0 Å². The van der Waals surface area contributed by atoms with Gasteiger partial charge in [-0.15, -0.1) is 0 Å². The van der Waals surface area contributed by atoms with Crippen molar-refractivity contribution in [2.75, 3.05) is 6.61 Å². The number of aliphatic hydroxyl groups is 1. The van der Waals surface area contributed by atoms with E-state index in [-0.39, 0.29) is 0 Å². The lowest BCUT2D eigenvalue weighted by atomic mass is 10.0. The third-order valence-electron chi connectivity index (χ3n) is 3.26. The monoisotopic (exact) mass is 240 g/mol. The van der Waals surface area contributed by atoms with Crippen molar-refractivity contribution < 1.29 is 5.11 Å². The smallest absolute Gasteiger partial charge is 0.0431 e. The molecule has 0 aliphatic carbocycles. The highest BCUT2D eigenvalue weighted by Crippen LogP contribution is 2.13. The Morgan fingerprint density at radius 1 is 0.941 bits per heavy atom. The zero-order chi connectivity index (χ0) is 12.8. The SMILES string of the molecule is CCCCC=CC(C)CCCCCCCCO. The Morgan fingerprint density at radius 2 is 1.59 bits per heavy atom. The average Bonchev–Trinajstić information content (AvgIpc) is 2.33. The minimum atomic E-state index is 0.361. The van der Waals surface area contributed by atoms with Crippen LogP contribution < -0.4 is 0 Å². The van der Waals surface area contributed by atoms with Crippen molar-refractivity contribution in [1.29, 1.82) is 0 Å². The van der Waals surface area contributed by atoms with E-state index in [1.165, 1.54) is 57.8 Å². The number of hydrogen-bond acceptors (Lipinski definition) is 1. The Kier molecular flexibility index (Phi) is 13.5. The van der Waals surface area contributed by atoms with E-state index in [2.05, 4.69) is 26.0 Å². The molecule has 0 radical (unpaired) electrons. The molecule has 0 aromatic heterocycles. The van der Waals surface area contributed by atoms with Crippen LogP contribution in [-0.2, 0) is 0 Å². The van der Waals surface area contributed by atoms with Crippen LogP contribution in [0.15, 0.2) is 12.2 Å². The van der Waals surface area contributed by atoms with Gasteiger partial charge in [0.15, 0.2) is 0 Å². The first-order valence-corrected chi connectivity index (χ1v) is 7.58. The van der Waals surface area contributed by atoms with Gasteiger partial charge in [0.05, 0.1) is 0 Å². The molecule has 0 aromatic carbocycles. The van der Waals surface area contributed by atoms with E-state index in [1.807, 2.05) is 0 Å². The molecule has 0 bridgehead atoms. The van der Waals surface area contributed by atoms with Gasteiger partial charge in [0.25, 0.3) is 0 Å². The first-order valence-electron chi connectivity index (χ1n) is 7.58. The molecule has 0 amide bonds. The number of hydrogen-bond donors (Lipinski definition) is 1. The second-order valence-corrected chi connectivity index (χ2v) is 5.18. The van der Waals surface area contributed by atoms with Crippen molar-refractivity contribution in [1.82, 2.24) is 0 Å². The lowest BCUT2D eigenvalue weighted by molar-refractivity contribution is 0.282. The van der Waals surface area contributed by atoms with Gasteiger partial charge in [-0.25, -0.2) is 0 Å². The standard InChI is InChI=1S/C16H32O/c1-3-4-5-10-13-16(2)14-11-8-6-7-9-12-15-17/h10,13,16-17H,3-9,11-12,14-15H2,1-2H3. The van der Waals surface area contributed by atoms with Crippen molar-refractivity contribution in [3.63, 3.8) is 0 Å². The van der Waals surface area contributed by atoms with Crippen LogP contribution in [0.3, 0.4) is 0 Å². The molecule has 1 N–H and O–H groups in total. The summed E-state index contributed by atoms with van der Waals surface area (Å²) in [6.45, 7) is 4.93. The van der Waals surface area contributed by atoms with Gasteiger partial charge in [-0.3, -0.25) is 0 Å².